The fourth-order valence-electron chi connectivity index (χ4n) is 2.39. The third-order valence-electron chi connectivity index (χ3n) is 3.41. The van der Waals surface area contributed by atoms with E-state index >= 15 is 0 Å². The molecule has 0 amide bonds. The van der Waals surface area contributed by atoms with Gasteiger partial charge in [-0.1, -0.05) is 20.8 Å². The lowest BCUT2D eigenvalue weighted by molar-refractivity contribution is 0.181. The Morgan fingerprint density at radius 2 is 1.75 bits per heavy atom. The average Bonchev–Trinajstić information content (AvgIpc) is 1.90. The maximum atomic E-state index is 3.61. The molecule has 1 unspecified atom stereocenters. The van der Waals surface area contributed by atoms with Crippen LogP contribution in [0.2, 0.25) is 0 Å². The largest absolute Gasteiger partial charge is 0.312 e. The molecular formula is C11H23N. The first-order valence-corrected chi connectivity index (χ1v) is 5.08. The van der Waals surface area contributed by atoms with E-state index in [-0.39, 0.29) is 0 Å². The summed E-state index contributed by atoms with van der Waals surface area (Å²) in [5.41, 5.74) is 0.821. The minimum atomic E-state index is 0.328. The highest BCUT2D eigenvalue weighted by Gasteiger charge is 2.35. The zero-order valence-electron chi connectivity index (χ0n) is 9.20. The van der Waals surface area contributed by atoms with Crippen LogP contribution in [0.25, 0.3) is 0 Å². The molecular weight excluding hydrogens is 146 g/mol. The van der Waals surface area contributed by atoms with Crippen LogP contribution in [0.4, 0.5) is 0 Å². The molecule has 12 heavy (non-hydrogen) atoms. The monoisotopic (exact) mass is 169 g/mol. The third kappa shape index (κ3) is 2.22. The number of rotatable bonds is 0. The first-order valence-electron chi connectivity index (χ1n) is 5.08. The summed E-state index contributed by atoms with van der Waals surface area (Å²) in [7, 11) is 0. The van der Waals surface area contributed by atoms with Gasteiger partial charge in [-0.2, -0.15) is 0 Å². The van der Waals surface area contributed by atoms with Gasteiger partial charge >= 0.3 is 0 Å². The van der Waals surface area contributed by atoms with Gasteiger partial charge in [0.25, 0.3) is 0 Å². The van der Waals surface area contributed by atoms with Crippen molar-refractivity contribution < 1.29 is 0 Å². The zero-order valence-corrected chi connectivity index (χ0v) is 9.20. The van der Waals surface area contributed by atoms with Crippen LogP contribution < -0.4 is 5.32 Å². The van der Waals surface area contributed by atoms with E-state index in [0.29, 0.717) is 11.0 Å². The molecule has 0 bridgehead atoms. The highest BCUT2D eigenvalue weighted by molar-refractivity contribution is 4.91. The van der Waals surface area contributed by atoms with Crippen molar-refractivity contribution in [1.29, 1.82) is 0 Å². The molecule has 1 heterocycles. The van der Waals surface area contributed by atoms with Gasteiger partial charge in [0.05, 0.1) is 0 Å². The standard InChI is InChI=1S/C11H23N/c1-9-6-7-12-11(4,5)8-10(9,2)3/h9,12H,6-8H2,1-5H3. The Morgan fingerprint density at radius 3 is 2.33 bits per heavy atom. The molecule has 1 atom stereocenters. The van der Waals surface area contributed by atoms with Gasteiger partial charge in [-0.15, -0.1) is 0 Å². The number of hydrogen-bond donors (Lipinski definition) is 1. The Balaban J connectivity index is 2.73. The Labute approximate surface area is 76.9 Å². The third-order valence-corrected chi connectivity index (χ3v) is 3.41. The molecule has 0 spiro atoms. The summed E-state index contributed by atoms with van der Waals surface area (Å²) in [6.45, 7) is 13.0. The fourth-order valence-corrected chi connectivity index (χ4v) is 2.39. The molecule has 1 fully saturated rings. The van der Waals surface area contributed by atoms with E-state index in [1.165, 1.54) is 19.4 Å². The SMILES string of the molecule is CC1CCNC(C)(C)CC1(C)C. The first kappa shape index (κ1) is 10.0. The van der Waals surface area contributed by atoms with Gasteiger partial charge in [-0.25, -0.2) is 0 Å². The van der Waals surface area contributed by atoms with Crippen molar-refractivity contribution in [3.05, 3.63) is 0 Å². The molecule has 1 N–H and O–H groups in total. The van der Waals surface area contributed by atoms with Crippen molar-refractivity contribution in [1.82, 2.24) is 5.32 Å². The Bertz CT molecular complexity index is 158. The number of hydrogen-bond acceptors (Lipinski definition) is 1. The van der Waals surface area contributed by atoms with Gasteiger partial charge < -0.3 is 5.32 Å². The van der Waals surface area contributed by atoms with Crippen molar-refractivity contribution in [2.75, 3.05) is 6.54 Å². The molecule has 1 aliphatic heterocycles. The van der Waals surface area contributed by atoms with Gasteiger partial charge in [-0.05, 0) is 44.6 Å². The van der Waals surface area contributed by atoms with Crippen LogP contribution in [0.1, 0.15) is 47.5 Å². The summed E-state index contributed by atoms with van der Waals surface area (Å²) in [6.07, 6.45) is 2.59. The highest BCUT2D eigenvalue weighted by Crippen LogP contribution is 2.38. The van der Waals surface area contributed by atoms with Gasteiger partial charge in [-0.3, -0.25) is 0 Å². The molecule has 0 aromatic carbocycles. The molecule has 72 valence electrons. The van der Waals surface area contributed by atoms with Gasteiger partial charge in [0.15, 0.2) is 0 Å². The normalized spacial score (nSPS) is 34.2. The lowest BCUT2D eigenvalue weighted by Gasteiger charge is -2.35. The van der Waals surface area contributed by atoms with Gasteiger partial charge in [0.1, 0.15) is 0 Å². The second-order valence-electron chi connectivity index (χ2n) is 5.67. The Hall–Kier alpha value is -0.0400. The van der Waals surface area contributed by atoms with Gasteiger partial charge in [0.2, 0.25) is 0 Å². The smallest absolute Gasteiger partial charge is 0.0130 e. The summed E-state index contributed by atoms with van der Waals surface area (Å²) in [4.78, 5) is 0. The van der Waals surface area contributed by atoms with Crippen LogP contribution >= 0.6 is 0 Å². The molecule has 1 rings (SSSR count). The predicted molar refractivity (Wildman–Crippen MR) is 54.3 cm³/mol. The molecule has 0 saturated carbocycles. The molecule has 0 aliphatic carbocycles. The van der Waals surface area contributed by atoms with Crippen LogP contribution in [0, 0.1) is 11.3 Å². The maximum absolute atomic E-state index is 3.61. The molecule has 1 aliphatic rings. The summed E-state index contributed by atoms with van der Waals surface area (Å²) in [5, 5.41) is 3.61. The lowest BCUT2D eigenvalue weighted by atomic mass is 9.72. The maximum Gasteiger partial charge on any atom is 0.0130 e. The molecule has 1 nitrogen and oxygen atoms in total. The van der Waals surface area contributed by atoms with E-state index in [1.54, 1.807) is 0 Å². The quantitative estimate of drug-likeness (QED) is 0.588. The van der Waals surface area contributed by atoms with Crippen LogP contribution in [0.5, 0.6) is 0 Å². The molecule has 1 heteroatoms. The van der Waals surface area contributed by atoms with E-state index in [9.17, 15) is 0 Å². The fraction of sp³-hybridized carbons (Fsp3) is 1.00. The van der Waals surface area contributed by atoms with E-state index in [0.717, 1.165) is 5.92 Å². The average molecular weight is 169 g/mol. The van der Waals surface area contributed by atoms with E-state index < -0.39 is 0 Å². The number of nitrogens with one attached hydrogen (secondary N) is 1. The van der Waals surface area contributed by atoms with Crippen molar-refractivity contribution >= 4 is 0 Å². The summed E-state index contributed by atoms with van der Waals surface area (Å²) in [6, 6.07) is 0. The second-order valence-corrected chi connectivity index (χ2v) is 5.67. The van der Waals surface area contributed by atoms with Crippen LogP contribution in [-0.2, 0) is 0 Å². The topological polar surface area (TPSA) is 12.0 Å². The summed E-state index contributed by atoms with van der Waals surface area (Å²) in [5.74, 6) is 0.840. The lowest BCUT2D eigenvalue weighted by Crippen LogP contribution is -2.40. The van der Waals surface area contributed by atoms with Crippen LogP contribution in [-0.4, -0.2) is 12.1 Å². The molecule has 0 aromatic rings. The predicted octanol–water partition coefficient (Wildman–Crippen LogP) is 2.81. The van der Waals surface area contributed by atoms with Crippen molar-refractivity contribution in [2.24, 2.45) is 11.3 Å². The minimum absolute atomic E-state index is 0.328. The summed E-state index contributed by atoms with van der Waals surface area (Å²) < 4.78 is 0. The molecule has 1 saturated heterocycles. The molecule has 0 aromatic heterocycles. The van der Waals surface area contributed by atoms with Crippen molar-refractivity contribution in [3.63, 3.8) is 0 Å². The van der Waals surface area contributed by atoms with Crippen molar-refractivity contribution in [3.8, 4) is 0 Å². The van der Waals surface area contributed by atoms with E-state index in [4.69, 9.17) is 0 Å². The first-order chi connectivity index (χ1) is 5.33. The van der Waals surface area contributed by atoms with E-state index in [1.807, 2.05) is 0 Å². The Kier molecular flexibility index (Phi) is 2.53. The van der Waals surface area contributed by atoms with Gasteiger partial charge in [0, 0.05) is 5.54 Å². The Morgan fingerprint density at radius 1 is 1.17 bits per heavy atom. The minimum Gasteiger partial charge on any atom is -0.312 e. The second kappa shape index (κ2) is 3.02. The van der Waals surface area contributed by atoms with Crippen LogP contribution in [0.15, 0.2) is 0 Å². The van der Waals surface area contributed by atoms with Crippen molar-refractivity contribution in [2.45, 2.75) is 53.0 Å². The van der Waals surface area contributed by atoms with Crippen LogP contribution in [0.3, 0.4) is 0 Å². The zero-order chi connectivity index (χ0) is 9.41. The van der Waals surface area contributed by atoms with E-state index in [2.05, 4.69) is 39.9 Å². The molecule has 0 radical (unpaired) electrons. The summed E-state index contributed by atoms with van der Waals surface area (Å²) >= 11 is 0. The highest BCUT2D eigenvalue weighted by atomic mass is 15.0.